The van der Waals surface area contributed by atoms with Crippen molar-refractivity contribution >= 4 is 31.3 Å². The largest absolute Gasteiger partial charge is 0.695 e. The molecule has 16 heteroatoms. The number of anilines is 1. The number of aromatic amines is 2. The highest BCUT2D eigenvalue weighted by Gasteiger charge is 2.46. The Bertz CT molecular complexity index is 2030. The number of aromatic nitrogens is 4. The molecular weight excluding hydrogens is 657 g/mol. The van der Waals surface area contributed by atoms with Crippen LogP contribution in [0.5, 0.6) is 11.5 Å². The fourth-order valence-corrected chi connectivity index (χ4v) is 6.47. The van der Waals surface area contributed by atoms with Gasteiger partial charge in [0.25, 0.3) is 5.56 Å². The normalized spacial score (nSPS) is 18.0. The molecule has 1 unspecified atom stereocenters. The summed E-state index contributed by atoms with van der Waals surface area (Å²) in [6.45, 7) is 1.06. The van der Waals surface area contributed by atoms with Gasteiger partial charge in [-0.15, -0.1) is 9.42 Å². The lowest BCUT2D eigenvalue weighted by molar-refractivity contribution is -0.114. The van der Waals surface area contributed by atoms with E-state index in [1.54, 1.807) is 14.2 Å². The van der Waals surface area contributed by atoms with Crippen LogP contribution in [0, 0.1) is 0 Å². The number of imidazole rings is 1. The van der Waals surface area contributed by atoms with Gasteiger partial charge in [0.1, 0.15) is 35.5 Å². The summed E-state index contributed by atoms with van der Waals surface area (Å²) in [5.74, 6) is 0.618. The number of ether oxygens (including phenoxy) is 4. The third-order valence-electron chi connectivity index (χ3n) is 8.21. The maximum atomic E-state index is 13.2. The summed E-state index contributed by atoms with van der Waals surface area (Å²) < 4.78 is 42.6. The molecule has 49 heavy (non-hydrogen) atoms. The van der Waals surface area contributed by atoms with Gasteiger partial charge in [0.15, 0.2) is 11.2 Å². The van der Waals surface area contributed by atoms with Crippen LogP contribution in [0.15, 0.2) is 88.5 Å². The summed E-state index contributed by atoms with van der Waals surface area (Å²) in [4.78, 5) is 56.5. The topological polar surface area (TPSA) is 196 Å². The van der Waals surface area contributed by atoms with Gasteiger partial charge in [-0.1, -0.05) is 54.6 Å². The molecule has 0 spiro atoms. The quantitative estimate of drug-likeness (QED) is 0.110. The van der Waals surface area contributed by atoms with Gasteiger partial charge in [0.2, 0.25) is 11.9 Å². The molecule has 254 valence electrons. The van der Waals surface area contributed by atoms with Crippen LogP contribution in [-0.2, 0) is 29.0 Å². The van der Waals surface area contributed by atoms with Gasteiger partial charge in [-0.3, -0.25) is 24.9 Å². The Hall–Kier alpha value is -5.18. The third kappa shape index (κ3) is 6.75. The van der Waals surface area contributed by atoms with Gasteiger partial charge in [0.05, 0.1) is 20.8 Å². The summed E-state index contributed by atoms with van der Waals surface area (Å²) in [5, 5.41) is 2.40. The minimum absolute atomic E-state index is 0.0735. The van der Waals surface area contributed by atoms with Crippen LogP contribution in [0.3, 0.4) is 0 Å². The number of hydrogen-bond acceptors (Lipinski definition) is 10. The van der Waals surface area contributed by atoms with Crippen molar-refractivity contribution in [3.05, 3.63) is 116 Å². The molecule has 2 aromatic heterocycles. The van der Waals surface area contributed by atoms with Crippen LogP contribution < -0.4 is 26.0 Å². The summed E-state index contributed by atoms with van der Waals surface area (Å²) in [6, 6.07) is 24.3. The monoisotopic (exact) mass is 690 g/mol. The van der Waals surface area contributed by atoms with E-state index in [9.17, 15) is 23.8 Å². The number of nitrogens with zero attached hydrogens (tertiary/aromatic N) is 2. The van der Waals surface area contributed by atoms with Crippen LogP contribution >= 0.6 is 8.25 Å². The van der Waals surface area contributed by atoms with E-state index in [-0.39, 0.29) is 30.1 Å². The molecule has 0 aliphatic carbocycles. The third-order valence-corrected chi connectivity index (χ3v) is 8.66. The fourth-order valence-electron chi connectivity index (χ4n) is 6.02. The summed E-state index contributed by atoms with van der Waals surface area (Å²) >= 11 is 0. The number of rotatable bonds is 12. The van der Waals surface area contributed by atoms with Crippen molar-refractivity contribution < 1.29 is 37.7 Å². The van der Waals surface area contributed by atoms with E-state index in [0.717, 1.165) is 21.3 Å². The van der Waals surface area contributed by atoms with Crippen molar-refractivity contribution in [3.8, 4) is 11.5 Å². The highest BCUT2D eigenvalue weighted by atomic mass is 31.1. The highest BCUT2D eigenvalue weighted by Crippen LogP contribution is 2.43. The van der Waals surface area contributed by atoms with E-state index in [1.807, 2.05) is 78.9 Å². The zero-order valence-electron chi connectivity index (χ0n) is 26.6. The second kappa shape index (κ2) is 14.1. The second-order valence-corrected chi connectivity index (χ2v) is 11.8. The van der Waals surface area contributed by atoms with Gasteiger partial charge < -0.3 is 18.9 Å². The molecule has 1 saturated heterocycles. The summed E-state index contributed by atoms with van der Waals surface area (Å²) in [6.07, 6.45) is -3.17. The van der Waals surface area contributed by atoms with Crippen molar-refractivity contribution in [2.45, 2.75) is 37.4 Å². The summed E-state index contributed by atoms with van der Waals surface area (Å²) in [5.41, 5.74) is -0.637. The predicted molar refractivity (Wildman–Crippen MR) is 177 cm³/mol. The van der Waals surface area contributed by atoms with Gasteiger partial charge in [-0.2, -0.15) is 4.98 Å². The number of H-pyrrole nitrogens is 2. The van der Waals surface area contributed by atoms with Crippen LogP contribution in [0.1, 0.15) is 36.3 Å². The lowest BCUT2D eigenvalue weighted by Crippen LogP contribution is -2.38. The maximum Gasteiger partial charge on any atom is 0.695 e. The van der Waals surface area contributed by atoms with Crippen molar-refractivity contribution in [1.29, 1.82) is 0 Å². The number of carbonyl (C=O) groups is 1. The predicted octanol–water partition coefficient (Wildman–Crippen LogP) is 3.72. The zero-order valence-corrected chi connectivity index (χ0v) is 27.5. The Morgan fingerprint density at radius 2 is 1.57 bits per heavy atom. The smallest absolute Gasteiger partial charge is 0.497 e. The number of methoxy groups -OCH3 is 2. The minimum Gasteiger partial charge on any atom is -0.497 e. The molecule has 1 aliphatic heterocycles. The van der Waals surface area contributed by atoms with E-state index < -0.39 is 49.4 Å². The molecule has 1 amide bonds. The number of nitrogens with one attached hydrogen (secondary N) is 3. The van der Waals surface area contributed by atoms with E-state index >= 15 is 0 Å². The standard InChI is InChI=1S/C33H32N5O10P/c1-19(39)34-31-36-29-28(30(40)37-31)35-32(41)38(29)27-17-25(48-49(42)43)26(47-27)18-46-33(20-7-5-4-6-8-20,21-9-13-23(44-2)14-10-21)22-11-15-24(45-3)16-12-22/h4-16,25-27H,17-18H2,1-3H3,(H3-,34,35,36,37,39,40,41,42,43)/p+1/t25-,26+,27+/m0/s1. The van der Waals surface area contributed by atoms with Crippen molar-refractivity contribution in [2.75, 3.05) is 26.1 Å². The molecule has 1 fully saturated rings. The van der Waals surface area contributed by atoms with Gasteiger partial charge in [-0.05, 0) is 41.0 Å². The first-order chi connectivity index (χ1) is 23.6. The van der Waals surface area contributed by atoms with Crippen LogP contribution in [-0.4, -0.2) is 63.4 Å². The molecule has 0 bridgehead atoms. The van der Waals surface area contributed by atoms with Gasteiger partial charge in [-0.25, -0.2) is 9.36 Å². The molecule has 0 radical (unpaired) electrons. The Kier molecular flexibility index (Phi) is 9.72. The lowest BCUT2D eigenvalue weighted by Gasteiger charge is -2.37. The lowest BCUT2D eigenvalue weighted by atomic mass is 9.80. The Labute approximate surface area is 279 Å². The molecule has 4 atom stereocenters. The van der Waals surface area contributed by atoms with Crippen LogP contribution in [0.25, 0.3) is 11.2 Å². The molecule has 4 N–H and O–H groups in total. The SMILES string of the molecule is COc1ccc(C(OC[C@H]2O[C@@H](n3c(=O)[nH]c4c(=O)[nH]c(NC(C)=O)nc43)C[C@@H]2O[P+](=O)O)(c2ccccc2)c2ccc(OC)cc2)cc1. The highest BCUT2D eigenvalue weighted by molar-refractivity contribution is 7.32. The van der Waals surface area contributed by atoms with Crippen molar-refractivity contribution in [1.82, 2.24) is 19.5 Å². The average molecular weight is 691 g/mol. The molecule has 0 saturated carbocycles. The molecule has 15 nitrogen and oxygen atoms in total. The second-order valence-electron chi connectivity index (χ2n) is 11.2. The summed E-state index contributed by atoms with van der Waals surface area (Å²) in [7, 11) is 0.0628. The number of carbonyl (C=O) groups excluding carboxylic acids is 1. The van der Waals surface area contributed by atoms with Crippen LogP contribution in [0.4, 0.5) is 5.95 Å². The first-order valence-electron chi connectivity index (χ1n) is 15.1. The Morgan fingerprint density at radius 1 is 0.980 bits per heavy atom. The van der Waals surface area contributed by atoms with Crippen molar-refractivity contribution in [2.24, 2.45) is 0 Å². The maximum absolute atomic E-state index is 13.2. The molecule has 5 aromatic rings. The first-order valence-corrected chi connectivity index (χ1v) is 16.2. The molecule has 6 rings (SSSR count). The zero-order chi connectivity index (χ0) is 34.7. The first kappa shape index (κ1) is 33.7. The minimum atomic E-state index is -3.09. The number of benzene rings is 3. The molecular formula is C33H33N5O10P+. The Morgan fingerprint density at radius 3 is 2.12 bits per heavy atom. The van der Waals surface area contributed by atoms with E-state index in [0.29, 0.717) is 11.5 Å². The fraction of sp³-hybridized carbons (Fsp3) is 0.273. The number of fused-ring (bicyclic) bond motifs is 1. The number of amides is 1. The molecule has 3 heterocycles. The van der Waals surface area contributed by atoms with Crippen molar-refractivity contribution in [3.63, 3.8) is 0 Å². The Balaban J connectivity index is 1.42. The van der Waals surface area contributed by atoms with Crippen LogP contribution in [0.2, 0.25) is 0 Å². The van der Waals surface area contributed by atoms with Gasteiger partial charge >= 0.3 is 13.9 Å². The number of hydrogen-bond donors (Lipinski definition) is 4. The van der Waals surface area contributed by atoms with E-state index in [1.165, 1.54) is 6.92 Å². The van der Waals surface area contributed by atoms with E-state index in [4.69, 9.17) is 23.5 Å². The molecule has 3 aromatic carbocycles. The molecule has 1 aliphatic rings. The average Bonchev–Trinajstić information content (AvgIpc) is 3.64. The van der Waals surface area contributed by atoms with E-state index in [2.05, 4.69) is 20.3 Å². The van der Waals surface area contributed by atoms with Gasteiger partial charge in [0, 0.05) is 17.9 Å².